The topological polar surface area (TPSA) is 138 Å². The van der Waals surface area contributed by atoms with Crippen molar-refractivity contribution < 1.29 is 18.7 Å². The Hall–Kier alpha value is -3.29. The van der Waals surface area contributed by atoms with Crippen LogP contribution in [-0.4, -0.2) is 111 Å². The summed E-state index contributed by atoms with van der Waals surface area (Å²) in [5.41, 5.74) is 2.06. The highest BCUT2D eigenvalue weighted by atomic mass is 35.5. The molecule has 1 aliphatic carbocycles. The number of amidine groups is 2. The molecule has 4 rings (SSSR count). The van der Waals surface area contributed by atoms with Crippen molar-refractivity contribution in [2.75, 3.05) is 61.0 Å². The van der Waals surface area contributed by atoms with Crippen LogP contribution in [0.15, 0.2) is 36.5 Å². The summed E-state index contributed by atoms with van der Waals surface area (Å²) in [5.74, 6) is 0.583. The van der Waals surface area contributed by atoms with E-state index >= 15 is 0 Å². The number of morpholine rings is 1. The molecule has 0 unspecified atom stereocenters. The van der Waals surface area contributed by atoms with Crippen molar-refractivity contribution in [1.82, 2.24) is 30.3 Å². The Balaban J connectivity index is 0.000000842. The van der Waals surface area contributed by atoms with Crippen molar-refractivity contribution in [2.45, 2.75) is 91.6 Å². The van der Waals surface area contributed by atoms with E-state index in [1.807, 2.05) is 61.1 Å². The van der Waals surface area contributed by atoms with E-state index in [0.29, 0.717) is 51.0 Å². The predicted molar refractivity (Wildman–Crippen MR) is 213 cm³/mol. The van der Waals surface area contributed by atoms with Crippen LogP contribution in [0.3, 0.4) is 0 Å². The zero-order valence-electron chi connectivity index (χ0n) is 33.2. The maximum absolute atomic E-state index is 13.8. The highest BCUT2D eigenvalue weighted by Crippen LogP contribution is 2.27. The summed E-state index contributed by atoms with van der Waals surface area (Å²) in [7, 11) is 7.50. The Kier molecular flexibility index (Phi) is 26.5. The van der Waals surface area contributed by atoms with Crippen LogP contribution in [0.2, 0.25) is 5.02 Å². The van der Waals surface area contributed by atoms with Gasteiger partial charge in [-0.05, 0) is 78.6 Å². The van der Waals surface area contributed by atoms with E-state index in [0.717, 1.165) is 30.6 Å². The van der Waals surface area contributed by atoms with Crippen LogP contribution in [0.4, 0.5) is 4.39 Å². The van der Waals surface area contributed by atoms with Gasteiger partial charge in [-0.1, -0.05) is 69.7 Å². The summed E-state index contributed by atoms with van der Waals surface area (Å²) in [6.45, 7) is 13.6. The third-order valence-electron chi connectivity index (χ3n) is 8.45. The van der Waals surface area contributed by atoms with Gasteiger partial charge in [-0.2, -0.15) is 0 Å². The molecule has 1 aliphatic heterocycles. The highest BCUT2D eigenvalue weighted by Gasteiger charge is 2.30. The number of rotatable bonds is 11. The summed E-state index contributed by atoms with van der Waals surface area (Å²) in [4.78, 5) is 31.9. The van der Waals surface area contributed by atoms with Gasteiger partial charge in [0.25, 0.3) is 0 Å². The minimum atomic E-state index is -0.465. The summed E-state index contributed by atoms with van der Waals surface area (Å²) in [6, 6.07) is 8.23. The molecule has 2 fully saturated rings. The molecule has 1 aromatic heterocycles. The number of nitrogens with one attached hydrogen (secondary N) is 4. The van der Waals surface area contributed by atoms with Crippen LogP contribution < -0.4 is 10.6 Å². The van der Waals surface area contributed by atoms with Gasteiger partial charge in [0.2, 0.25) is 12.8 Å². The van der Waals surface area contributed by atoms with Crippen molar-refractivity contribution in [1.29, 1.82) is 10.8 Å². The molecule has 2 aromatic rings. The normalized spacial score (nSPS) is 15.0. The molecule has 11 nitrogen and oxygen atoms in total. The Morgan fingerprint density at radius 1 is 1.02 bits per heavy atom. The van der Waals surface area contributed by atoms with Gasteiger partial charge >= 0.3 is 0 Å². The first-order valence-corrected chi connectivity index (χ1v) is 18.7. The number of hydrogen-bond donors (Lipinski definition) is 4. The summed E-state index contributed by atoms with van der Waals surface area (Å²) in [6.07, 6.45) is 10.1. The molecule has 0 radical (unpaired) electrons. The SMILES string of the molecule is CC.CC1(C)COCCN1CCN(C=O)C(=N)Cc1c(F)cccc1Cl.CNC.CNC.Cc1ncccc1CN(C=O)C(=N)CC1CCCCC1. The number of carbonyl (C=O) groups excluding carboxylic acids is 2. The van der Waals surface area contributed by atoms with E-state index in [2.05, 4.69) is 34.4 Å². The van der Waals surface area contributed by atoms with E-state index in [1.165, 1.54) is 54.0 Å². The van der Waals surface area contributed by atoms with Crippen molar-refractivity contribution >= 4 is 36.1 Å². The molecule has 13 heteroatoms. The molecule has 0 spiro atoms. The molecule has 1 saturated heterocycles. The lowest BCUT2D eigenvalue weighted by atomic mass is 9.86. The van der Waals surface area contributed by atoms with Crippen LogP contribution in [0.1, 0.15) is 83.0 Å². The number of pyridine rings is 1. The number of halogens is 2. The van der Waals surface area contributed by atoms with Crippen LogP contribution in [0, 0.1) is 29.5 Å². The number of amides is 2. The molecule has 2 heterocycles. The number of hydrogen-bond acceptors (Lipinski definition) is 9. The summed E-state index contributed by atoms with van der Waals surface area (Å²) in [5, 5.41) is 22.1. The minimum absolute atomic E-state index is 0.0171. The standard InChI is InChI=1S/C17H23ClFN3O2.C16H23N3O.2C2H7N.C2H6/c1-17(2)11-24-9-8-22(17)7-6-21(12-23)16(20)10-13-14(18)4-3-5-15(13)19;1-13-15(8-5-9-18-13)11-19(12-20)16(17)10-14-6-3-2-4-7-14;2*1-3-2;1-2/h3-5,12,20H,6-11H2,1-2H3;5,8-9,12,14,17H,2-4,6-7,10-11H2,1H3;2*3H,1-2H3;1-2H3. The number of aromatic nitrogens is 1. The number of nitrogens with zero attached hydrogens (tertiary/aromatic N) is 4. The van der Waals surface area contributed by atoms with Gasteiger partial charge in [-0.25, -0.2) is 4.39 Å². The average Bonchev–Trinajstić information content (AvgIpc) is 3.12. The zero-order chi connectivity index (χ0) is 39.5. The maximum atomic E-state index is 13.8. The van der Waals surface area contributed by atoms with Crippen LogP contribution >= 0.6 is 11.6 Å². The van der Waals surface area contributed by atoms with Crippen LogP contribution in [-0.2, 0) is 27.3 Å². The van der Waals surface area contributed by atoms with Crippen LogP contribution in [0.25, 0.3) is 0 Å². The third kappa shape index (κ3) is 18.5. The van der Waals surface area contributed by atoms with E-state index in [-0.39, 0.29) is 28.4 Å². The van der Waals surface area contributed by atoms with Gasteiger partial charge < -0.3 is 20.3 Å². The Morgan fingerprint density at radius 2 is 1.63 bits per heavy atom. The average molecular weight is 749 g/mol. The largest absolute Gasteiger partial charge is 0.378 e. The molecule has 294 valence electrons. The van der Waals surface area contributed by atoms with E-state index in [4.69, 9.17) is 27.2 Å². The quantitative estimate of drug-likeness (QED) is 0.116. The van der Waals surface area contributed by atoms with Crippen molar-refractivity contribution in [3.05, 3.63) is 64.2 Å². The Morgan fingerprint density at radius 3 is 2.17 bits per heavy atom. The van der Waals surface area contributed by atoms with Crippen LogP contribution in [0.5, 0.6) is 0 Å². The van der Waals surface area contributed by atoms with Gasteiger partial charge in [0.15, 0.2) is 0 Å². The van der Waals surface area contributed by atoms with Crippen molar-refractivity contribution in [3.8, 4) is 0 Å². The van der Waals surface area contributed by atoms with Gasteiger partial charge in [-0.15, -0.1) is 0 Å². The molecule has 0 bridgehead atoms. The van der Waals surface area contributed by atoms with Gasteiger partial charge in [0.1, 0.15) is 17.5 Å². The first-order chi connectivity index (χ1) is 24.9. The Labute approximate surface area is 318 Å². The smallest absolute Gasteiger partial charge is 0.215 e. The number of ether oxygens (including phenoxy) is 1. The maximum Gasteiger partial charge on any atom is 0.215 e. The number of aryl methyl sites for hydroxylation is 1. The lowest BCUT2D eigenvalue weighted by Gasteiger charge is -2.42. The predicted octanol–water partition coefficient (Wildman–Crippen LogP) is 6.56. The van der Waals surface area contributed by atoms with Gasteiger partial charge in [-0.3, -0.25) is 35.2 Å². The highest BCUT2D eigenvalue weighted by molar-refractivity contribution is 6.31. The molecule has 52 heavy (non-hydrogen) atoms. The fourth-order valence-electron chi connectivity index (χ4n) is 5.60. The molecule has 1 aromatic carbocycles. The van der Waals surface area contributed by atoms with Crippen molar-refractivity contribution in [2.24, 2.45) is 5.92 Å². The summed E-state index contributed by atoms with van der Waals surface area (Å²) >= 11 is 5.99. The first kappa shape index (κ1) is 48.7. The zero-order valence-corrected chi connectivity index (χ0v) is 33.9. The van der Waals surface area contributed by atoms with E-state index in [1.54, 1.807) is 12.3 Å². The minimum Gasteiger partial charge on any atom is -0.378 e. The van der Waals surface area contributed by atoms with E-state index in [9.17, 15) is 14.0 Å². The van der Waals surface area contributed by atoms with Gasteiger partial charge in [0, 0.05) is 60.5 Å². The lowest BCUT2D eigenvalue weighted by molar-refractivity contribution is -0.116. The number of benzene rings is 1. The second-order valence-electron chi connectivity index (χ2n) is 13.1. The third-order valence-corrected chi connectivity index (χ3v) is 8.80. The second-order valence-corrected chi connectivity index (χ2v) is 13.5. The molecular weight excluding hydrogens is 683 g/mol. The molecule has 2 amide bonds. The fourth-order valence-corrected chi connectivity index (χ4v) is 5.83. The monoisotopic (exact) mass is 748 g/mol. The summed E-state index contributed by atoms with van der Waals surface area (Å²) < 4.78 is 19.3. The second kappa shape index (κ2) is 28.2. The lowest BCUT2D eigenvalue weighted by Crippen LogP contribution is -2.55. The molecular formula is C39H66ClFN8O3. The molecule has 4 N–H and O–H groups in total. The fraction of sp³-hybridized carbons (Fsp3) is 0.615. The molecule has 0 atom stereocenters. The van der Waals surface area contributed by atoms with Crippen molar-refractivity contribution in [3.63, 3.8) is 0 Å². The molecule has 2 aliphatic rings. The number of carbonyl (C=O) groups is 2. The van der Waals surface area contributed by atoms with Gasteiger partial charge in [0.05, 0.1) is 19.8 Å². The molecule has 1 saturated carbocycles. The Bertz CT molecular complexity index is 1290. The van der Waals surface area contributed by atoms with E-state index < -0.39 is 5.82 Å². The first-order valence-electron chi connectivity index (χ1n) is 18.3.